The molecule has 1 aromatic rings. The Labute approximate surface area is 126 Å². The molecular weight excluding hydrogens is 264 g/mol. The summed E-state index contributed by atoms with van der Waals surface area (Å²) in [4.78, 5) is 14.7. The van der Waals surface area contributed by atoms with Gasteiger partial charge in [0.05, 0.1) is 0 Å². The van der Waals surface area contributed by atoms with Crippen molar-refractivity contribution >= 4 is 5.91 Å². The van der Waals surface area contributed by atoms with Gasteiger partial charge in [-0.25, -0.2) is 0 Å². The van der Waals surface area contributed by atoms with Crippen LogP contribution >= 0.6 is 0 Å². The van der Waals surface area contributed by atoms with Crippen LogP contribution in [0.3, 0.4) is 0 Å². The maximum Gasteiger partial charge on any atom is 0.258 e. The molecule has 2 aliphatic rings. The lowest BCUT2D eigenvalue weighted by Crippen LogP contribution is -2.56. The Balaban J connectivity index is 1.91. The van der Waals surface area contributed by atoms with Crippen molar-refractivity contribution < 1.29 is 9.53 Å². The SMILES string of the molecule is CC1(C)OC2(CCCCCN2)N(Cc2ccccc2)C1=O. The van der Waals surface area contributed by atoms with E-state index in [2.05, 4.69) is 17.4 Å². The molecule has 2 heterocycles. The van der Waals surface area contributed by atoms with Crippen molar-refractivity contribution in [3.05, 3.63) is 35.9 Å². The first-order chi connectivity index (χ1) is 10.0. The molecule has 0 bridgehead atoms. The highest BCUT2D eigenvalue weighted by Crippen LogP contribution is 2.39. The number of amides is 1. The van der Waals surface area contributed by atoms with Gasteiger partial charge in [0.15, 0.2) is 0 Å². The van der Waals surface area contributed by atoms with Crippen molar-refractivity contribution in [3.63, 3.8) is 0 Å². The molecule has 0 aromatic heterocycles. The van der Waals surface area contributed by atoms with Gasteiger partial charge in [0.25, 0.3) is 5.91 Å². The van der Waals surface area contributed by atoms with Crippen LogP contribution in [0, 0.1) is 0 Å². The monoisotopic (exact) mass is 288 g/mol. The third-order valence-electron chi connectivity index (χ3n) is 4.40. The lowest BCUT2D eigenvalue weighted by Gasteiger charge is -2.37. The zero-order valence-electron chi connectivity index (χ0n) is 12.9. The topological polar surface area (TPSA) is 41.6 Å². The van der Waals surface area contributed by atoms with Gasteiger partial charge in [0.1, 0.15) is 5.60 Å². The minimum Gasteiger partial charge on any atom is -0.326 e. The molecular formula is C17H24N2O2. The maximum atomic E-state index is 12.8. The molecule has 3 rings (SSSR count). The lowest BCUT2D eigenvalue weighted by atomic mass is 10.1. The standard InChI is InChI=1S/C17H24N2O2/c1-16(2)15(20)19(13-14-9-5-3-6-10-14)17(21-16)11-7-4-8-12-18-17/h3,5-6,9-10,18H,4,7-8,11-13H2,1-2H3. The molecule has 2 saturated heterocycles. The molecule has 2 aliphatic heterocycles. The number of carbonyl (C=O) groups is 1. The van der Waals surface area contributed by atoms with E-state index in [0.717, 1.165) is 31.4 Å². The summed E-state index contributed by atoms with van der Waals surface area (Å²) in [7, 11) is 0. The van der Waals surface area contributed by atoms with E-state index in [4.69, 9.17) is 4.74 Å². The van der Waals surface area contributed by atoms with Gasteiger partial charge in [-0.2, -0.15) is 0 Å². The smallest absolute Gasteiger partial charge is 0.258 e. The first-order valence-corrected chi connectivity index (χ1v) is 7.85. The number of rotatable bonds is 2. The normalized spacial score (nSPS) is 28.9. The molecule has 0 saturated carbocycles. The average molecular weight is 288 g/mol. The molecule has 1 N–H and O–H groups in total. The van der Waals surface area contributed by atoms with Crippen LogP contribution in [0.15, 0.2) is 30.3 Å². The number of nitrogens with zero attached hydrogens (tertiary/aromatic N) is 1. The summed E-state index contributed by atoms with van der Waals surface area (Å²) in [5, 5.41) is 3.50. The van der Waals surface area contributed by atoms with Gasteiger partial charge in [-0.3, -0.25) is 15.0 Å². The second-order valence-corrected chi connectivity index (χ2v) is 6.51. The number of benzene rings is 1. The minimum atomic E-state index is -0.758. The van der Waals surface area contributed by atoms with E-state index in [1.165, 1.54) is 6.42 Å². The Kier molecular flexibility index (Phi) is 3.76. The van der Waals surface area contributed by atoms with E-state index in [1.54, 1.807) is 0 Å². The van der Waals surface area contributed by atoms with Gasteiger partial charge in [-0.15, -0.1) is 0 Å². The Morgan fingerprint density at radius 3 is 2.71 bits per heavy atom. The molecule has 4 nitrogen and oxygen atoms in total. The molecule has 0 aliphatic carbocycles. The van der Waals surface area contributed by atoms with Crippen LogP contribution in [-0.2, 0) is 16.1 Å². The van der Waals surface area contributed by atoms with Gasteiger partial charge < -0.3 is 4.74 Å². The predicted octanol–water partition coefficient (Wildman–Crippen LogP) is 2.64. The molecule has 21 heavy (non-hydrogen) atoms. The van der Waals surface area contributed by atoms with E-state index < -0.39 is 11.4 Å². The number of hydrogen-bond acceptors (Lipinski definition) is 3. The molecule has 1 atom stereocenters. The Morgan fingerprint density at radius 1 is 1.19 bits per heavy atom. The summed E-state index contributed by atoms with van der Waals surface area (Å²) in [5.41, 5.74) is 0.379. The summed E-state index contributed by atoms with van der Waals surface area (Å²) in [6, 6.07) is 10.1. The summed E-state index contributed by atoms with van der Waals surface area (Å²) in [6.45, 7) is 5.23. The maximum absolute atomic E-state index is 12.8. The van der Waals surface area contributed by atoms with Crippen LogP contribution < -0.4 is 5.32 Å². The number of carbonyl (C=O) groups excluding carboxylic acids is 1. The van der Waals surface area contributed by atoms with Crippen LogP contribution in [0.5, 0.6) is 0 Å². The molecule has 1 spiro atoms. The zero-order chi connectivity index (χ0) is 14.9. The van der Waals surface area contributed by atoms with E-state index in [-0.39, 0.29) is 5.91 Å². The van der Waals surface area contributed by atoms with Gasteiger partial charge in [0, 0.05) is 13.0 Å². The fourth-order valence-electron chi connectivity index (χ4n) is 3.33. The predicted molar refractivity (Wildman–Crippen MR) is 81.4 cm³/mol. The first kappa shape index (κ1) is 14.5. The van der Waals surface area contributed by atoms with E-state index >= 15 is 0 Å². The van der Waals surface area contributed by atoms with Gasteiger partial charge in [-0.1, -0.05) is 36.8 Å². The number of ether oxygens (including phenoxy) is 1. The van der Waals surface area contributed by atoms with Crippen LogP contribution in [0.25, 0.3) is 0 Å². The van der Waals surface area contributed by atoms with E-state index in [9.17, 15) is 4.79 Å². The molecule has 1 amide bonds. The van der Waals surface area contributed by atoms with Crippen molar-refractivity contribution in [2.45, 2.75) is 57.5 Å². The minimum absolute atomic E-state index is 0.0701. The van der Waals surface area contributed by atoms with Crippen LogP contribution in [0.1, 0.15) is 45.1 Å². The third kappa shape index (κ3) is 2.70. The fraction of sp³-hybridized carbons (Fsp3) is 0.588. The summed E-state index contributed by atoms with van der Waals surface area (Å²) in [6.07, 6.45) is 4.27. The Hall–Kier alpha value is -1.39. The van der Waals surface area contributed by atoms with E-state index in [0.29, 0.717) is 6.54 Å². The molecule has 2 fully saturated rings. The molecule has 1 unspecified atom stereocenters. The molecule has 114 valence electrons. The number of nitrogens with one attached hydrogen (secondary N) is 1. The first-order valence-electron chi connectivity index (χ1n) is 7.85. The largest absolute Gasteiger partial charge is 0.326 e. The second kappa shape index (κ2) is 5.43. The number of hydrogen-bond donors (Lipinski definition) is 1. The highest BCUT2D eigenvalue weighted by molar-refractivity contribution is 5.86. The van der Waals surface area contributed by atoms with E-state index in [1.807, 2.05) is 36.9 Å². The van der Waals surface area contributed by atoms with Crippen LogP contribution in [-0.4, -0.2) is 28.8 Å². The highest BCUT2D eigenvalue weighted by Gasteiger charge is 2.56. The Bertz CT molecular complexity index is 505. The van der Waals surface area contributed by atoms with Crippen LogP contribution in [0.2, 0.25) is 0 Å². The zero-order valence-corrected chi connectivity index (χ0v) is 12.9. The average Bonchev–Trinajstić information content (AvgIpc) is 2.65. The van der Waals surface area contributed by atoms with Crippen molar-refractivity contribution in [1.29, 1.82) is 0 Å². The quantitative estimate of drug-likeness (QED) is 0.909. The van der Waals surface area contributed by atoms with Crippen molar-refractivity contribution in [2.75, 3.05) is 6.54 Å². The van der Waals surface area contributed by atoms with Crippen molar-refractivity contribution in [2.24, 2.45) is 0 Å². The van der Waals surface area contributed by atoms with Gasteiger partial charge in [0.2, 0.25) is 5.85 Å². The third-order valence-corrected chi connectivity index (χ3v) is 4.40. The summed E-state index contributed by atoms with van der Waals surface area (Å²) < 4.78 is 6.22. The van der Waals surface area contributed by atoms with Crippen LogP contribution in [0.4, 0.5) is 0 Å². The molecule has 1 aromatic carbocycles. The summed E-state index contributed by atoms with van der Waals surface area (Å²) >= 11 is 0. The summed E-state index contributed by atoms with van der Waals surface area (Å²) in [5.74, 6) is -0.562. The highest BCUT2D eigenvalue weighted by atomic mass is 16.6. The van der Waals surface area contributed by atoms with Gasteiger partial charge >= 0.3 is 0 Å². The van der Waals surface area contributed by atoms with Crippen molar-refractivity contribution in [3.8, 4) is 0 Å². The fourth-order valence-corrected chi connectivity index (χ4v) is 3.33. The molecule has 4 heteroatoms. The lowest BCUT2D eigenvalue weighted by molar-refractivity contribution is -0.156. The Morgan fingerprint density at radius 2 is 1.95 bits per heavy atom. The van der Waals surface area contributed by atoms with Crippen molar-refractivity contribution in [1.82, 2.24) is 10.2 Å². The molecule has 0 radical (unpaired) electrons. The van der Waals surface area contributed by atoms with Gasteiger partial charge in [-0.05, 0) is 38.8 Å². The second-order valence-electron chi connectivity index (χ2n) is 6.51.